The molecule has 0 heterocycles. The molecule has 19 heavy (non-hydrogen) atoms. The Labute approximate surface area is 131 Å². The topological polar surface area (TPSA) is 29.5 Å². The predicted molar refractivity (Wildman–Crippen MR) is 85.0 cm³/mol. The first kappa shape index (κ1) is 16.5. The first-order chi connectivity index (χ1) is 8.99. The van der Waals surface area contributed by atoms with Gasteiger partial charge in [-0.2, -0.15) is 0 Å². The van der Waals surface area contributed by atoms with Crippen molar-refractivity contribution in [2.75, 3.05) is 13.1 Å². The third-order valence-electron chi connectivity index (χ3n) is 2.41. The number of ether oxygens (including phenoxy) is 1. The molecule has 0 N–H and O–H groups in total. The molecule has 0 bridgehead atoms. The fourth-order valence-corrected chi connectivity index (χ4v) is 2.34. The molecule has 0 aliphatic carbocycles. The van der Waals surface area contributed by atoms with Crippen molar-refractivity contribution in [3.63, 3.8) is 0 Å². The lowest BCUT2D eigenvalue weighted by molar-refractivity contribution is 0.0973. The van der Waals surface area contributed by atoms with Gasteiger partial charge in [-0.3, -0.25) is 0 Å². The molecule has 0 aromatic heterocycles. The molecule has 2 atom stereocenters. The second-order valence-corrected chi connectivity index (χ2v) is 7.63. The second kappa shape index (κ2) is 8.59. The van der Waals surface area contributed by atoms with Gasteiger partial charge < -0.3 is 9.64 Å². The normalized spacial score (nSPS) is 13.7. The zero-order valence-corrected chi connectivity index (χ0v) is 14.4. The lowest BCUT2D eigenvalue weighted by atomic mass is 10.2. The molecular formula is C14H19Br2NO2. The summed E-state index contributed by atoms with van der Waals surface area (Å²) in [4.78, 5) is 14.2. The van der Waals surface area contributed by atoms with Crippen molar-refractivity contribution in [2.45, 2.75) is 30.1 Å². The molecule has 2 unspecified atom stereocenters. The van der Waals surface area contributed by atoms with Gasteiger partial charge in [0.25, 0.3) is 0 Å². The molecule has 0 fully saturated rings. The van der Waals surface area contributed by atoms with Crippen LogP contribution in [0.5, 0.6) is 0 Å². The Balaban J connectivity index is 2.51. The maximum absolute atomic E-state index is 12.0. The molecule has 3 nitrogen and oxygen atoms in total. The number of alkyl halides is 2. The van der Waals surface area contributed by atoms with Crippen LogP contribution in [0.2, 0.25) is 0 Å². The third kappa shape index (κ3) is 6.97. The Morgan fingerprint density at radius 1 is 1.16 bits per heavy atom. The van der Waals surface area contributed by atoms with Gasteiger partial charge in [-0.25, -0.2) is 4.79 Å². The van der Waals surface area contributed by atoms with Crippen LogP contribution in [-0.2, 0) is 11.3 Å². The van der Waals surface area contributed by atoms with Gasteiger partial charge in [0.2, 0.25) is 0 Å². The van der Waals surface area contributed by atoms with Gasteiger partial charge in [0.1, 0.15) is 6.61 Å². The lowest BCUT2D eigenvalue weighted by Crippen LogP contribution is -2.38. The molecule has 5 heteroatoms. The zero-order chi connectivity index (χ0) is 14.3. The van der Waals surface area contributed by atoms with Crippen LogP contribution in [0, 0.1) is 0 Å². The Morgan fingerprint density at radius 2 is 1.68 bits per heavy atom. The summed E-state index contributed by atoms with van der Waals surface area (Å²) in [5, 5.41) is 0. The number of hydrogen-bond acceptors (Lipinski definition) is 2. The van der Waals surface area contributed by atoms with E-state index in [-0.39, 0.29) is 15.7 Å². The molecule has 0 saturated carbocycles. The highest BCUT2D eigenvalue weighted by molar-refractivity contribution is 9.09. The van der Waals surface area contributed by atoms with Crippen LogP contribution in [0.3, 0.4) is 0 Å². The monoisotopic (exact) mass is 391 g/mol. The Hall–Kier alpha value is -0.550. The van der Waals surface area contributed by atoms with Crippen LogP contribution in [0.4, 0.5) is 4.79 Å². The molecule has 106 valence electrons. The highest BCUT2D eigenvalue weighted by atomic mass is 79.9. The van der Waals surface area contributed by atoms with Crippen molar-refractivity contribution >= 4 is 38.0 Å². The summed E-state index contributed by atoms with van der Waals surface area (Å²) >= 11 is 6.93. The van der Waals surface area contributed by atoms with E-state index in [0.29, 0.717) is 19.7 Å². The molecule has 1 amide bonds. The van der Waals surface area contributed by atoms with E-state index in [1.807, 2.05) is 44.2 Å². The fourth-order valence-electron chi connectivity index (χ4n) is 1.64. The molecule has 1 rings (SSSR count). The number of amides is 1. The van der Waals surface area contributed by atoms with E-state index in [1.54, 1.807) is 4.90 Å². The van der Waals surface area contributed by atoms with Crippen LogP contribution in [0.15, 0.2) is 30.3 Å². The number of benzene rings is 1. The molecule has 0 radical (unpaired) electrons. The van der Waals surface area contributed by atoms with Gasteiger partial charge in [-0.05, 0) is 5.56 Å². The van der Waals surface area contributed by atoms with Crippen LogP contribution in [-0.4, -0.2) is 33.7 Å². The van der Waals surface area contributed by atoms with Gasteiger partial charge in [-0.15, -0.1) is 0 Å². The molecule has 0 aliphatic heterocycles. The number of nitrogens with zero attached hydrogens (tertiary/aromatic N) is 1. The Morgan fingerprint density at radius 3 is 2.16 bits per heavy atom. The van der Waals surface area contributed by atoms with Crippen molar-refractivity contribution in [1.82, 2.24) is 4.90 Å². The summed E-state index contributed by atoms with van der Waals surface area (Å²) in [5.74, 6) is 0. The highest BCUT2D eigenvalue weighted by Crippen LogP contribution is 2.10. The van der Waals surface area contributed by atoms with Crippen molar-refractivity contribution in [3.05, 3.63) is 35.9 Å². The molecule has 0 spiro atoms. The van der Waals surface area contributed by atoms with Crippen LogP contribution < -0.4 is 0 Å². The largest absolute Gasteiger partial charge is 0.445 e. The van der Waals surface area contributed by atoms with Crippen LogP contribution >= 0.6 is 31.9 Å². The van der Waals surface area contributed by atoms with Crippen molar-refractivity contribution in [2.24, 2.45) is 0 Å². The summed E-state index contributed by atoms with van der Waals surface area (Å²) < 4.78 is 5.34. The summed E-state index contributed by atoms with van der Waals surface area (Å²) in [7, 11) is 0. The highest BCUT2D eigenvalue weighted by Gasteiger charge is 2.18. The molecule has 1 aromatic rings. The molecule has 0 aliphatic rings. The van der Waals surface area contributed by atoms with Crippen molar-refractivity contribution < 1.29 is 9.53 Å². The minimum absolute atomic E-state index is 0.239. The smallest absolute Gasteiger partial charge is 0.410 e. The van der Waals surface area contributed by atoms with E-state index < -0.39 is 0 Å². The standard InChI is InChI=1S/C14H19Br2NO2/c1-11(15)8-17(9-12(2)16)14(18)19-10-13-6-4-3-5-7-13/h3-7,11-12H,8-10H2,1-2H3. The van der Waals surface area contributed by atoms with E-state index in [4.69, 9.17) is 4.74 Å². The minimum atomic E-state index is -0.276. The van der Waals surface area contributed by atoms with Gasteiger partial charge in [0.05, 0.1) is 0 Å². The van der Waals surface area contributed by atoms with E-state index in [9.17, 15) is 4.79 Å². The van der Waals surface area contributed by atoms with E-state index in [2.05, 4.69) is 31.9 Å². The van der Waals surface area contributed by atoms with E-state index >= 15 is 0 Å². The van der Waals surface area contributed by atoms with Gasteiger partial charge >= 0.3 is 6.09 Å². The predicted octanol–water partition coefficient (Wildman–Crippen LogP) is 4.19. The van der Waals surface area contributed by atoms with Crippen LogP contribution in [0.1, 0.15) is 19.4 Å². The first-order valence-corrected chi connectivity index (χ1v) is 8.06. The van der Waals surface area contributed by atoms with Gasteiger partial charge in [-0.1, -0.05) is 76.0 Å². The van der Waals surface area contributed by atoms with E-state index in [0.717, 1.165) is 5.56 Å². The average molecular weight is 393 g/mol. The maximum atomic E-state index is 12.0. The molecular weight excluding hydrogens is 374 g/mol. The molecule has 0 saturated heterocycles. The summed E-state index contributed by atoms with van der Waals surface area (Å²) in [6, 6.07) is 9.69. The summed E-state index contributed by atoms with van der Waals surface area (Å²) in [6.07, 6.45) is -0.276. The number of halogens is 2. The Kier molecular flexibility index (Phi) is 7.46. The quantitative estimate of drug-likeness (QED) is 0.679. The average Bonchev–Trinajstić information content (AvgIpc) is 2.35. The number of carbonyl (C=O) groups excluding carboxylic acids is 1. The van der Waals surface area contributed by atoms with Crippen molar-refractivity contribution in [1.29, 1.82) is 0 Å². The van der Waals surface area contributed by atoms with Gasteiger partial charge in [0.15, 0.2) is 0 Å². The fraction of sp³-hybridized carbons (Fsp3) is 0.500. The van der Waals surface area contributed by atoms with Crippen molar-refractivity contribution in [3.8, 4) is 0 Å². The number of carbonyl (C=O) groups is 1. The first-order valence-electron chi connectivity index (χ1n) is 6.22. The number of rotatable bonds is 6. The van der Waals surface area contributed by atoms with E-state index in [1.165, 1.54) is 0 Å². The summed E-state index contributed by atoms with van der Waals surface area (Å²) in [6.45, 7) is 5.59. The zero-order valence-electron chi connectivity index (χ0n) is 11.2. The SMILES string of the molecule is CC(Br)CN(CC(C)Br)C(=O)OCc1ccccc1. The molecule has 1 aromatic carbocycles. The van der Waals surface area contributed by atoms with Gasteiger partial charge in [0, 0.05) is 22.7 Å². The lowest BCUT2D eigenvalue weighted by Gasteiger charge is -2.24. The third-order valence-corrected chi connectivity index (χ3v) is 2.99. The Bertz CT molecular complexity index is 372. The maximum Gasteiger partial charge on any atom is 0.410 e. The minimum Gasteiger partial charge on any atom is -0.445 e. The van der Waals surface area contributed by atoms with Crippen LogP contribution in [0.25, 0.3) is 0 Å². The summed E-state index contributed by atoms with van der Waals surface area (Å²) in [5.41, 5.74) is 0.995. The number of hydrogen-bond donors (Lipinski definition) is 0. The second-order valence-electron chi connectivity index (χ2n) is 4.51.